The van der Waals surface area contributed by atoms with E-state index in [0.29, 0.717) is 12.0 Å². The van der Waals surface area contributed by atoms with Gasteiger partial charge in [0, 0.05) is 18.6 Å². The van der Waals surface area contributed by atoms with Crippen LogP contribution in [0.5, 0.6) is 0 Å². The van der Waals surface area contributed by atoms with E-state index in [9.17, 15) is 0 Å². The molecule has 0 radical (unpaired) electrons. The molecule has 2 atom stereocenters. The Balaban J connectivity index is 1.93. The average Bonchev–Trinajstić information content (AvgIpc) is 2.57. The van der Waals surface area contributed by atoms with Crippen molar-refractivity contribution in [2.75, 3.05) is 13.7 Å². The Kier molecular flexibility index (Phi) is 4.69. The zero-order chi connectivity index (χ0) is 14.5. The van der Waals surface area contributed by atoms with Crippen LogP contribution < -0.4 is 5.32 Å². The minimum atomic E-state index is 0.237. The molecule has 0 spiro atoms. The third-order valence-corrected chi connectivity index (χ3v) is 4.41. The van der Waals surface area contributed by atoms with Crippen molar-refractivity contribution in [3.63, 3.8) is 0 Å². The first-order valence-corrected chi connectivity index (χ1v) is 7.77. The van der Waals surface area contributed by atoms with Gasteiger partial charge in [0.05, 0.1) is 6.10 Å². The van der Waals surface area contributed by atoms with E-state index in [0.717, 1.165) is 19.4 Å². The Hall–Kier alpha value is -1.64. The third-order valence-electron chi connectivity index (χ3n) is 4.41. The second-order valence-corrected chi connectivity index (χ2v) is 5.72. The number of benzene rings is 2. The molecule has 1 fully saturated rings. The molecule has 0 amide bonds. The first kappa shape index (κ1) is 14.3. The number of rotatable bonds is 4. The molecule has 21 heavy (non-hydrogen) atoms. The fourth-order valence-corrected chi connectivity index (χ4v) is 3.26. The van der Waals surface area contributed by atoms with Crippen LogP contribution in [-0.2, 0) is 4.74 Å². The molecule has 1 saturated heterocycles. The van der Waals surface area contributed by atoms with Crippen LogP contribution in [0.1, 0.15) is 29.9 Å². The fourth-order valence-electron chi connectivity index (χ4n) is 3.26. The highest BCUT2D eigenvalue weighted by atomic mass is 16.5. The maximum absolute atomic E-state index is 6.14. The van der Waals surface area contributed by atoms with Crippen molar-refractivity contribution in [2.45, 2.75) is 30.9 Å². The van der Waals surface area contributed by atoms with E-state index < -0.39 is 0 Å². The Morgan fingerprint density at radius 1 is 0.952 bits per heavy atom. The van der Waals surface area contributed by atoms with Crippen molar-refractivity contribution in [1.29, 1.82) is 0 Å². The van der Waals surface area contributed by atoms with Crippen LogP contribution in [0, 0.1) is 0 Å². The van der Waals surface area contributed by atoms with E-state index in [1.807, 2.05) is 7.05 Å². The van der Waals surface area contributed by atoms with Gasteiger partial charge in [0.2, 0.25) is 0 Å². The van der Waals surface area contributed by atoms with Crippen LogP contribution in [0.15, 0.2) is 60.7 Å². The molecule has 2 nitrogen and oxygen atoms in total. The molecule has 0 aliphatic carbocycles. The van der Waals surface area contributed by atoms with E-state index in [1.54, 1.807) is 0 Å². The predicted molar refractivity (Wildman–Crippen MR) is 86.5 cm³/mol. The van der Waals surface area contributed by atoms with Crippen LogP contribution in [0.3, 0.4) is 0 Å². The summed E-state index contributed by atoms with van der Waals surface area (Å²) in [5.74, 6) is 0.309. The summed E-state index contributed by atoms with van der Waals surface area (Å²) in [6, 6.07) is 22.0. The molecule has 2 heteroatoms. The summed E-state index contributed by atoms with van der Waals surface area (Å²) >= 11 is 0. The Bertz CT molecular complexity index is 501. The number of ether oxygens (including phenoxy) is 1. The van der Waals surface area contributed by atoms with Gasteiger partial charge in [-0.3, -0.25) is 0 Å². The zero-order valence-electron chi connectivity index (χ0n) is 12.5. The van der Waals surface area contributed by atoms with Crippen LogP contribution >= 0.6 is 0 Å². The Morgan fingerprint density at radius 2 is 1.52 bits per heavy atom. The van der Waals surface area contributed by atoms with Crippen LogP contribution in [0.25, 0.3) is 0 Å². The van der Waals surface area contributed by atoms with E-state index in [2.05, 4.69) is 66.0 Å². The molecular weight excluding hydrogens is 258 g/mol. The molecule has 1 aliphatic rings. The molecule has 0 saturated carbocycles. The molecule has 0 aromatic heterocycles. The fraction of sp³-hybridized carbons (Fsp3) is 0.368. The van der Waals surface area contributed by atoms with Crippen molar-refractivity contribution >= 4 is 0 Å². The lowest BCUT2D eigenvalue weighted by Crippen LogP contribution is -2.40. The summed E-state index contributed by atoms with van der Waals surface area (Å²) < 4.78 is 6.14. The second kappa shape index (κ2) is 6.88. The van der Waals surface area contributed by atoms with Crippen molar-refractivity contribution in [3.8, 4) is 0 Å². The van der Waals surface area contributed by atoms with Crippen molar-refractivity contribution in [2.24, 2.45) is 0 Å². The van der Waals surface area contributed by atoms with E-state index >= 15 is 0 Å². The van der Waals surface area contributed by atoms with E-state index in [1.165, 1.54) is 11.1 Å². The molecule has 0 bridgehead atoms. The zero-order valence-corrected chi connectivity index (χ0v) is 12.5. The molecule has 3 rings (SSSR count). The first-order valence-electron chi connectivity index (χ1n) is 7.77. The largest absolute Gasteiger partial charge is 0.377 e. The summed E-state index contributed by atoms with van der Waals surface area (Å²) in [7, 11) is 2.05. The minimum Gasteiger partial charge on any atom is -0.377 e. The molecule has 1 aliphatic heterocycles. The van der Waals surface area contributed by atoms with Gasteiger partial charge < -0.3 is 10.1 Å². The van der Waals surface area contributed by atoms with Gasteiger partial charge in [0.1, 0.15) is 0 Å². The average molecular weight is 281 g/mol. The Morgan fingerprint density at radius 3 is 2.05 bits per heavy atom. The normalized spacial score (nSPS) is 22.4. The van der Waals surface area contributed by atoms with E-state index in [4.69, 9.17) is 4.74 Å². The standard InChI is InChI=1S/C19H23NO/c1-20-17-12-13-21-18(14-17)19(15-8-4-2-5-9-15)16-10-6-3-7-11-16/h2-11,17-20H,12-14H2,1H3. The lowest BCUT2D eigenvalue weighted by atomic mass is 9.82. The molecule has 2 aromatic carbocycles. The maximum atomic E-state index is 6.14. The van der Waals surface area contributed by atoms with Gasteiger partial charge in [-0.25, -0.2) is 0 Å². The summed E-state index contributed by atoms with van der Waals surface area (Å²) in [5, 5.41) is 3.41. The quantitative estimate of drug-likeness (QED) is 0.925. The van der Waals surface area contributed by atoms with Crippen molar-refractivity contribution in [1.82, 2.24) is 5.32 Å². The van der Waals surface area contributed by atoms with Gasteiger partial charge in [0.15, 0.2) is 0 Å². The highest BCUT2D eigenvalue weighted by molar-refractivity contribution is 5.34. The molecular formula is C19H23NO. The topological polar surface area (TPSA) is 21.3 Å². The van der Waals surface area contributed by atoms with Crippen LogP contribution in [0.4, 0.5) is 0 Å². The van der Waals surface area contributed by atoms with Gasteiger partial charge in [-0.2, -0.15) is 0 Å². The monoisotopic (exact) mass is 281 g/mol. The number of hydrogen-bond acceptors (Lipinski definition) is 2. The molecule has 2 unspecified atom stereocenters. The SMILES string of the molecule is CNC1CCOC(C(c2ccccc2)c2ccccc2)C1. The third kappa shape index (κ3) is 3.34. The second-order valence-electron chi connectivity index (χ2n) is 5.72. The van der Waals surface area contributed by atoms with Crippen molar-refractivity contribution < 1.29 is 4.74 Å². The van der Waals surface area contributed by atoms with Gasteiger partial charge in [-0.1, -0.05) is 60.7 Å². The van der Waals surface area contributed by atoms with Crippen molar-refractivity contribution in [3.05, 3.63) is 71.8 Å². The summed E-state index contributed by atoms with van der Waals surface area (Å²) in [4.78, 5) is 0. The highest BCUT2D eigenvalue weighted by Crippen LogP contribution is 2.34. The van der Waals surface area contributed by atoms with E-state index in [-0.39, 0.29) is 6.10 Å². The molecule has 110 valence electrons. The lowest BCUT2D eigenvalue weighted by Gasteiger charge is -2.35. The van der Waals surface area contributed by atoms with Gasteiger partial charge in [0.25, 0.3) is 0 Å². The van der Waals surface area contributed by atoms with Crippen LogP contribution in [0.2, 0.25) is 0 Å². The molecule has 1 heterocycles. The molecule has 2 aromatic rings. The van der Waals surface area contributed by atoms with Gasteiger partial charge >= 0.3 is 0 Å². The smallest absolute Gasteiger partial charge is 0.0699 e. The number of hydrogen-bond donors (Lipinski definition) is 1. The maximum Gasteiger partial charge on any atom is 0.0699 e. The highest BCUT2D eigenvalue weighted by Gasteiger charge is 2.30. The van der Waals surface area contributed by atoms with Gasteiger partial charge in [-0.05, 0) is 31.0 Å². The summed E-state index contributed by atoms with van der Waals surface area (Å²) in [6.07, 6.45) is 2.40. The minimum absolute atomic E-state index is 0.237. The van der Waals surface area contributed by atoms with Gasteiger partial charge in [-0.15, -0.1) is 0 Å². The lowest BCUT2D eigenvalue weighted by molar-refractivity contribution is -0.00621. The Labute approximate surface area is 127 Å². The number of nitrogens with one attached hydrogen (secondary N) is 1. The summed E-state index contributed by atoms with van der Waals surface area (Å²) in [5.41, 5.74) is 2.68. The first-order chi connectivity index (χ1) is 10.4. The molecule has 1 N–H and O–H groups in total. The predicted octanol–water partition coefficient (Wildman–Crippen LogP) is 3.59. The van der Waals surface area contributed by atoms with Crippen LogP contribution in [-0.4, -0.2) is 25.8 Å². The summed E-state index contributed by atoms with van der Waals surface area (Å²) in [6.45, 7) is 0.840.